The van der Waals surface area contributed by atoms with Gasteiger partial charge in [0.05, 0.1) is 16.9 Å². The molecule has 14 rings (SSSR count). The van der Waals surface area contributed by atoms with Gasteiger partial charge in [0.1, 0.15) is 23.0 Å². The largest absolute Gasteiger partial charge is 0.456 e. The minimum absolute atomic E-state index is 0.0490. The molecule has 84 heavy (non-hydrogen) atoms. The average molecular weight is 1100 g/mol. The molecule has 10 aromatic rings. The summed E-state index contributed by atoms with van der Waals surface area (Å²) < 4.78 is 18.5. The van der Waals surface area contributed by atoms with Gasteiger partial charge in [-0.15, -0.1) is 0 Å². The van der Waals surface area contributed by atoms with Crippen molar-refractivity contribution in [3.63, 3.8) is 0 Å². The highest BCUT2D eigenvalue weighted by atomic mass is 16.5. The maximum Gasteiger partial charge on any atom is 0.256 e. The van der Waals surface area contributed by atoms with Gasteiger partial charge >= 0.3 is 0 Å². The smallest absolute Gasteiger partial charge is 0.256 e. The van der Waals surface area contributed by atoms with E-state index in [-0.39, 0.29) is 24.3 Å². The van der Waals surface area contributed by atoms with Crippen LogP contribution in [-0.2, 0) is 36.5 Å². The highest BCUT2D eigenvalue weighted by molar-refractivity contribution is 7.02. The van der Waals surface area contributed by atoms with Crippen LogP contribution in [0.2, 0.25) is 0 Å². The van der Waals surface area contributed by atoms with E-state index in [0.717, 1.165) is 76.7 Å². The Morgan fingerprint density at radius 3 is 1.38 bits per heavy atom. The predicted octanol–water partition coefficient (Wildman–Crippen LogP) is 16.8. The molecule has 0 atom stereocenters. The van der Waals surface area contributed by atoms with E-state index in [1.165, 1.54) is 105 Å². The van der Waals surface area contributed by atoms with E-state index in [0.29, 0.717) is 23.7 Å². The number of nitrogens with zero attached hydrogens (tertiary/aromatic N) is 2. The Morgan fingerprint density at radius 2 is 0.833 bits per heavy atom. The van der Waals surface area contributed by atoms with Crippen molar-refractivity contribution in [3.05, 3.63) is 191 Å². The molecule has 6 heteroatoms. The lowest BCUT2D eigenvalue weighted by atomic mass is 9.31. The number of hydrogen-bond donors (Lipinski definition) is 0. The van der Waals surface area contributed by atoms with Crippen LogP contribution in [0.4, 0.5) is 17.1 Å². The molecule has 0 amide bonds. The Balaban J connectivity index is 1.12. The summed E-state index contributed by atoms with van der Waals surface area (Å²) in [5, 5.41) is 2.60. The maximum atomic E-state index is 7.94. The number of ether oxygens (including phenoxy) is 2. The monoisotopic (exact) mass is 1100 g/mol. The summed E-state index contributed by atoms with van der Waals surface area (Å²) in [5.74, 6) is 5.64. The lowest BCUT2D eigenvalue weighted by molar-refractivity contribution is 0.475. The number of anilines is 3. The Bertz CT molecular complexity index is 4280. The zero-order valence-corrected chi connectivity index (χ0v) is 52.0. The molecule has 0 N–H and O–H groups in total. The minimum atomic E-state index is -0.181. The van der Waals surface area contributed by atoms with E-state index < -0.39 is 0 Å². The standard InChI is InChI=1S/C78H80B2N2O2/c1-45(2)35-49-15-29-59(30-16-49)81-67-32-18-51(37-47(5)6)41-62(67)79-63-43-55(53-19-25-57(26-20-53)77(9,10)11)23-33-68(63)84-76-70(79)73(81)75-71-74(76)82-66-31-17-50(36-46(3)4)39-60(66)61-40-52(38-48(7)8)42-65(72(61)82)80(71)64-44-56(24-34-69(64)83-75)54-21-27-58(28-22-54)78(12,13)14/h15-34,39-48H,35-38H2,1-14H3. The van der Waals surface area contributed by atoms with Crippen LogP contribution in [-0.4, -0.2) is 18.0 Å². The Hall–Kier alpha value is -7.69. The van der Waals surface area contributed by atoms with Crippen LogP contribution in [0.1, 0.15) is 130 Å². The molecule has 9 aromatic carbocycles. The molecule has 0 aliphatic carbocycles. The molecule has 4 aliphatic rings. The quantitative estimate of drug-likeness (QED) is 0.121. The molecule has 4 aliphatic heterocycles. The second-order valence-electron chi connectivity index (χ2n) is 29.0. The third-order valence-corrected chi connectivity index (χ3v) is 18.4. The van der Waals surface area contributed by atoms with E-state index in [2.05, 4.69) is 264 Å². The first-order valence-corrected chi connectivity index (χ1v) is 31.4. The number of rotatable bonds is 11. The summed E-state index contributed by atoms with van der Waals surface area (Å²) in [4.78, 5) is 2.56. The van der Waals surface area contributed by atoms with Crippen LogP contribution < -0.4 is 47.2 Å². The fourth-order valence-corrected chi connectivity index (χ4v) is 14.7. The van der Waals surface area contributed by atoms with Gasteiger partial charge in [-0.2, -0.15) is 0 Å². The first-order chi connectivity index (χ1) is 40.2. The third kappa shape index (κ3) is 9.03. The number of benzene rings is 9. The second kappa shape index (κ2) is 20.0. The summed E-state index contributed by atoms with van der Waals surface area (Å²) >= 11 is 0. The molecular weight excluding hydrogens is 1020 g/mol. The van der Waals surface area contributed by atoms with Gasteiger partial charge in [-0.1, -0.05) is 206 Å². The van der Waals surface area contributed by atoms with Gasteiger partial charge in [0.15, 0.2) is 0 Å². The SMILES string of the molecule is CC(C)Cc1ccc(N2c3ccc(CC(C)C)cc3B3c4cc(-c5ccc(C(C)(C)C)cc5)ccc4Oc4c3c2c2c3c4-n4c5ccc(CC(C)C)cc5c5cc(CC(C)C)cc(c54)B3c3cc(-c4ccc(C(C)(C)C)cc4)ccc3O2)cc1. The molecular formula is C78H80B2N2O2. The maximum absolute atomic E-state index is 7.94. The van der Waals surface area contributed by atoms with Crippen molar-refractivity contribution in [1.29, 1.82) is 0 Å². The summed E-state index contributed by atoms with van der Waals surface area (Å²) in [6.45, 7) is 32.1. The van der Waals surface area contributed by atoms with Crippen molar-refractivity contribution in [2.75, 3.05) is 4.90 Å². The Labute approximate surface area is 500 Å². The highest BCUT2D eigenvalue weighted by Crippen LogP contribution is 2.52. The van der Waals surface area contributed by atoms with Gasteiger partial charge in [0, 0.05) is 38.6 Å². The summed E-state index contributed by atoms with van der Waals surface area (Å²) in [6, 6.07) is 61.7. The normalized spacial score (nSPS) is 13.9. The van der Waals surface area contributed by atoms with E-state index in [1.54, 1.807) is 0 Å². The molecule has 420 valence electrons. The fourth-order valence-electron chi connectivity index (χ4n) is 14.7. The van der Waals surface area contributed by atoms with Gasteiger partial charge in [-0.25, -0.2) is 0 Å². The molecule has 0 saturated heterocycles. The van der Waals surface area contributed by atoms with E-state index >= 15 is 0 Å². The van der Waals surface area contributed by atoms with Crippen LogP contribution in [0.15, 0.2) is 158 Å². The molecule has 1 aromatic heterocycles. The first kappa shape index (κ1) is 54.3. The van der Waals surface area contributed by atoms with Gasteiger partial charge in [0.2, 0.25) is 0 Å². The lowest BCUT2D eigenvalue weighted by Gasteiger charge is -2.45. The van der Waals surface area contributed by atoms with E-state index in [1.807, 2.05) is 0 Å². The van der Waals surface area contributed by atoms with Crippen LogP contribution in [0.5, 0.6) is 23.0 Å². The molecule has 0 radical (unpaired) electrons. The van der Waals surface area contributed by atoms with Crippen molar-refractivity contribution < 1.29 is 9.47 Å². The summed E-state index contributed by atoms with van der Waals surface area (Å²) in [7, 11) is 0. The Morgan fingerprint density at radius 1 is 0.393 bits per heavy atom. The molecule has 0 unspecified atom stereocenters. The van der Waals surface area contributed by atoms with Crippen molar-refractivity contribution >= 4 is 85.1 Å². The molecule has 4 nitrogen and oxygen atoms in total. The van der Waals surface area contributed by atoms with Crippen molar-refractivity contribution in [3.8, 4) is 50.9 Å². The lowest BCUT2D eigenvalue weighted by Crippen LogP contribution is -2.63. The van der Waals surface area contributed by atoms with E-state index in [9.17, 15) is 0 Å². The van der Waals surface area contributed by atoms with Gasteiger partial charge < -0.3 is 18.9 Å². The number of aromatic nitrogens is 1. The van der Waals surface area contributed by atoms with Crippen molar-refractivity contribution in [1.82, 2.24) is 4.57 Å². The van der Waals surface area contributed by atoms with Crippen molar-refractivity contribution in [2.45, 2.75) is 133 Å². The number of fused-ring (bicyclic) bond motifs is 13. The topological polar surface area (TPSA) is 26.6 Å². The zero-order valence-electron chi connectivity index (χ0n) is 52.0. The van der Waals surface area contributed by atoms with Crippen LogP contribution in [0, 0.1) is 23.7 Å². The second-order valence-corrected chi connectivity index (χ2v) is 29.0. The first-order valence-electron chi connectivity index (χ1n) is 31.4. The molecule has 0 spiro atoms. The summed E-state index contributed by atoms with van der Waals surface area (Å²) in [5.41, 5.74) is 27.1. The fraction of sp³-hybridized carbons (Fsp3) is 0.308. The van der Waals surface area contributed by atoms with Gasteiger partial charge in [-0.05, 0) is 186 Å². The summed E-state index contributed by atoms with van der Waals surface area (Å²) in [6.07, 6.45) is 3.99. The van der Waals surface area contributed by atoms with Crippen LogP contribution in [0.3, 0.4) is 0 Å². The zero-order chi connectivity index (χ0) is 58.4. The molecule has 5 heterocycles. The average Bonchev–Trinajstić information content (AvgIpc) is 1.12. The Kier molecular flexibility index (Phi) is 12.9. The minimum Gasteiger partial charge on any atom is -0.456 e. The predicted molar refractivity (Wildman–Crippen MR) is 360 cm³/mol. The van der Waals surface area contributed by atoms with Gasteiger partial charge in [0.25, 0.3) is 13.4 Å². The van der Waals surface area contributed by atoms with Crippen molar-refractivity contribution in [2.24, 2.45) is 23.7 Å². The third-order valence-electron chi connectivity index (χ3n) is 18.4. The molecule has 0 saturated carbocycles. The highest BCUT2D eigenvalue weighted by Gasteiger charge is 2.51. The van der Waals surface area contributed by atoms with E-state index in [4.69, 9.17) is 9.47 Å². The van der Waals surface area contributed by atoms with Crippen LogP contribution in [0.25, 0.3) is 49.7 Å². The molecule has 0 bridgehead atoms. The molecule has 0 fully saturated rings. The van der Waals surface area contributed by atoms with Crippen LogP contribution >= 0.6 is 0 Å². The van der Waals surface area contributed by atoms with Gasteiger partial charge in [-0.3, -0.25) is 0 Å². The number of hydrogen-bond acceptors (Lipinski definition) is 3.